The van der Waals surface area contributed by atoms with Gasteiger partial charge in [0.2, 0.25) is 0 Å². The summed E-state index contributed by atoms with van der Waals surface area (Å²) in [5.74, 6) is -0.0103. The summed E-state index contributed by atoms with van der Waals surface area (Å²) < 4.78 is 18.9. The van der Waals surface area contributed by atoms with Crippen LogP contribution < -0.4 is 10.5 Å². The zero-order valence-corrected chi connectivity index (χ0v) is 11.0. The smallest absolute Gasteiger partial charge is 0.147 e. The Morgan fingerprint density at radius 1 is 1.45 bits per heavy atom. The third kappa shape index (κ3) is 3.11. The third-order valence-corrected chi connectivity index (χ3v) is 2.85. The van der Waals surface area contributed by atoms with Gasteiger partial charge in [-0.25, -0.2) is 9.37 Å². The van der Waals surface area contributed by atoms with Crippen molar-refractivity contribution in [2.24, 2.45) is 5.73 Å². The highest BCUT2D eigenvalue weighted by Gasteiger charge is 2.11. The number of nitrogens with two attached hydrogens (primary N) is 1. The number of rotatable bonds is 4. The van der Waals surface area contributed by atoms with Crippen LogP contribution in [0, 0.1) is 17.1 Å². The summed E-state index contributed by atoms with van der Waals surface area (Å²) in [4.78, 5) is 3.94. The van der Waals surface area contributed by atoms with Gasteiger partial charge >= 0.3 is 0 Å². The van der Waals surface area contributed by atoms with Gasteiger partial charge in [0.1, 0.15) is 29.9 Å². The van der Waals surface area contributed by atoms with E-state index in [9.17, 15) is 4.39 Å². The van der Waals surface area contributed by atoms with Crippen molar-refractivity contribution in [2.75, 3.05) is 0 Å². The maximum atomic E-state index is 13.3. The molecule has 1 heterocycles. The average molecular weight is 271 g/mol. The highest BCUT2D eigenvalue weighted by Crippen LogP contribution is 2.25. The quantitative estimate of drug-likeness (QED) is 0.928. The van der Waals surface area contributed by atoms with Crippen molar-refractivity contribution in [3.05, 3.63) is 59.2 Å². The first-order valence-electron chi connectivity index (χ1n) is 6.13. The lowest BCUT2D eigenvalue weighted by Crippen LogP contribution is -2.09. The molecule has 20 heavy (non-hydrogen) atoms. The summed E-state index contributed by atoms with van der Waals surface area (Å²) in [6, 6.07) is 9.43. The maximum absolute atomic E-state index is 13.3. The van der Waals surface area contributed by atoms with E-state index in [1.54, 1.807) is 25.1 Å². The molecule has 4 nitrogen and oxygen atoms in total. The molecule has 0 aliphatic carbocycles. The molecule has 0 spiro atoms. The van der Waals surface area contributed by atoms with Gasteiger partial charge in [-0.1, -0.05) is 12.1 Å². The fraction of sp³-hybridized carbons (Fsp3) is 0.200. The highest BCUT2D eigenvalue weighted by molar-refractivity contribution is 5.37. The van der Waals surface area contributed by atoms with Crippen LogP contribution in [0.15, 0.2) is 36.5 Å². The topological polar surface area (TPSA) is 71.9 Å². The van der Waals surface area contributed by atoms with E-state index in [0.29, 0.717) is 22.6 Å². The Morgan fingerprint density at radius 2 is 2.25 bits per heavy atom. The second-order valence-electron chi connectivity index (χ2n) is 4.38. The standard InChI is InChI=1S/C15H14FN3O/c1-10(18)13-5-4-12(16)7-15(13)20-9-11-3-2-6-19-14(11)8-17/h2-7,10H,9,18H2,1H3/t10-/m1/s1. The van der Waals surface area contributed by atoms with Gasteiger partial charge in [-0.3, -0.25) is 0 Å². The maximum Gasteiger partial charge on any atom is 0.147 e. The number of nitriles is 1. The van der Waals surface area contributed by atoms with Gasteiger partial charge in [0.15, 0.2) is 0 Å². The highest BCUT2D eigenvalue weighted by atomic mass is 19.1. The van der Waals surface area contributed by atoms with E-state index in [-0.39, 0.29) is 12.6 Å². The first-order chi connectivity index (χ1) is 9.61. The number of aromatic nitrogens is 1. The molecule has 0 radical (unpaired) electrons. The molecule has 1 aromatic carbocycles. The summed E-state index contributed by atoms with van der Waals surface area (Å²) >= 11 is 0. The minimum absolute atomic E-state index is 0.139. The Labute approximate surface area is 116 Å². The molecule has 0 amide bonds. The van der Waals surface area contributed by atoms with E-state index in [4.69, 9.17) is 15.7 Å². The zero-order valence-electron chi connectivity index (χ0n) is 11.0. The van der Waals surface area contributed by atoms with Crippen LogP contribution in [0.5, 0.6) is 5.75 Å². The normalized spacial score (nSPS) is 11.7. The largest absolute Gasteiger partial charge is 0.488 e. The lowest BCUT2D eigenvalue weighted by atomic mass is 10.1. The molecule has 2 N–H and O–H groups in total. The molecule has 0 unspecified atom stereocenters. The molecule has 5 heteroatoms. The van der Waals surface area contributed by atoms with Crippen LogP contribution in [0.4, 0.5) is 4.39 Å². The Balaban J connectivity index is 2.23. The number of ether oxygens (including phenoxy) is 1. The fourth-order valence-electron chi connectivity index (χ4n) is 1.82. The number of halogens is 1. The van der Waals surface area contributed by atoms with Crippen LogP contribution in [0.25, 0.3) is 0 Å². The van der Waals surface area contributed by atoms with E-state index in [0.717, 1.165) is 0 Å². The SMILES string of the molecule is C[C@@H](N)c1ccc(F)cc1OCc1cccnc1C#N. The van der Waals surface area contributed by atoms with Crippen LogP contribution in [-0.2, 0) is 6.61 Å². The molecule has 2 rings (SSSR count). The molecule has 0 saturated carbocycles. The van der Waals surface area contributed by atoms with Gasteiger partial charge in [0.05, 0.1) is 0 Å². The molecular weight excluding hydrogens is 257 g/mol. The van der Waals surface area contributed by atoms with Gasteiger partial charge in [-0.15, -0.1) is 0 Å². The van der Waals surface area contributed by atoms with Crippen LogP contribution in [0.2, 0.25) is 0 Å². The number of hydrogen-bond acceptors (Lipinski definition) is 4. The molecule has 0 fully saturated rings. The fourth-order valence-corrected chi connectivity index (χ4v) is 1.82. The predicted octanol–water partition coefficient (Wildman–Crippen LogP) is 2.69. The monoisotopic (exact) mass is 271 g/mol. The van der Waals surface area contributed by atoms with Crippen LogP contribution in [-0.4, -0.2) is 4.98 Å². The first-order valence-corrected chi connectivity index (χ1v) is 6.13. The lowest BCUT2D eigenvalue weighted by molar-refractivity contribution is 0.299. The average Bonchev–Trinajstić information content (AvgIpc) is 2.45. The van der Waals surface area contributed by atoms with E-state index in [2.05, 4.69) is 4.98 Å². The second-order valence-corrected chi connectivity index (χ2v) is 4.38. The Kier molecular flexibility index (Phi) is 4.28. The summed E-state index contributed by atoms with van der Waals surface area (Å²) in [6.07, 6.45) is 1.54. The summed E-state index contributed by atoms with van der Waals surface area (Å²) in [5.41, 5.74) is 7.48. The van der Waals surface area contributed by atoms with E-state index < -0.39 is 5.82 Å². The molecule has 0 aliphatic rings. The molecule has 0 aliphatic heterocycles. The van der Waals surface area contributed by atoms with E-state index in [1.165, 1.54) is 18.3 Å². The third-order valence-electron chi connectivity index (χ3n) is 2.85. The van der Waals surface area contributed by atoms with E-state index in [1.807, 2.05) is 6.07 Å². The number of benzene rings is 1. The molecule has 0 saturated heterocycles. The van der Waals surface area contributed by atoms with Crippen LogP contribution >= 0.6 is 0 Å². The van der Waals surface area contributed by atoms with Gasteiger partial charge in [0, 0.05) is 29.4 Å². The summed E-state index contributed by atoms with van der Waals surface area (Å²) in [7, 11) is 0. The summed E-state index contributed by atoms with van der Waals surface area (Å²) in [5, 5.41) is 8.95. The minimum atomic E-state index is -0.393. The van der Waals surface area contributed by atoms with Crippen molar-refractivity contribution in [3.8, 4) is 11.8 Å². The van der Waals surface area contributed by atoms with Crippen molar-refractivity contribution in [1.29, 1.82) is 5.26 Å². The second kappa shape index (κ2) is 6.13. The molecule has 102 valence electrons. The first kappa shape index (κ1) is 14.0. The van der Waals surface area contributed by atoms with Crippen LogP contribution in [0.3, 0.4) is 0 Å². The van der Waals surface area contributed by atoms with Gasteiger partial charge < -0.3 is 10.5 Å². The number of pyridine rings is 1. The van der Waals surface area contributed by atoms with Crippen molar-refractivity contribution < 1.29 is 9.13 Å². The minimum Gasteiger partial charge on any atom is -0.488 e. The molecule has 2 aromatic rings. The Hall–Kier alpha value is -2.45. The van der Waals surface area contributed by atoms with Crippen molar-refractivity contribution in [3.63, 3.8) is 0 Å². The Bertz CT molecular complexity index is 650. The number of nitrogens with zero attached hydrogens (tertiary/aromatic N) is 2. The van der Waals surface area contributed by atoms with Crippen molar-refractivity contribution in [1.82, 2.24) is 4.98 Å². The zero-order chi connectivity index (χ0) is 14.5. The van der Waals surface area contributed by atoms with Gasteiger partial charge in [-0.2, -0.15) is 5.26 Å². The summed E-state index contributed by atoms with van der Waals surface area (Å²) in [6.45, 7) is 1.94. The molecule has 1 aromatic heterocycles. The number of hydrogen-bond donors (Lipinski definition) is 1. The van der Waals surface area contributed by atoms with Gasteiger partial charge in [0.25, 0.3) is 0 Å². The van der Waals surface area contributed by atoms with Gasteiger partial charge in [-0.05, 0) is 19.1 Å². The Morgan fingerprint density at radius 3 is 2.95 bits per heavy atom. The van der Waals surface area contributed by atoms with E-state index >= 15 is 0 Å². The molecule has 1 atom stereocenters. The lowest BCUT2D eigenvalue weighted by Gasteiger charge is -2.14. The van der Waals surface area contributed by atoms with Crippen molar-refractivity contribution in [2.45, 2.75) is 19.6 Å². The molecular formula is C15H14FN3O. The van der Waals surface area contributed by atoms with Crippen molar-refractivity contribution >= 4 is 0 Å². The molecule has 0 bridgehead atoms. The predicted molar refractivity (Wildman–Crippen MR) is 72.3 cm³/mol. The van der Waals surface area contributed by atoms with Crippen LogP contribution in [0.1, 0.15) is 29.8 Å².